The van der Waals surface area contributed by atoms with Crippen LogP contribution in [0.2, 0.25) is 0 Å². The minimum atomic E-state index is -0.599. The fraction of sp³-hybridized carbons (Fsp3) is 0.727. The van der Waals surface area contributed by atoms with Gasteiger partial charge in [0.25, 0.3) is 0 Å². The van der Waals surface area contributed by atoms with Crippen molar-refractivity contribution in [2.75, 3.05) is 13.2 Å². The van der Waals surface area contributed by atoms with Gasteiger partial charge in [0.15, 0.2) is 0 Å². The first-order valence-corrected chi connectivity index (χ1v) is 5.39. The van der Waals surface area contributed by atoms with Crippen molar-refractivity contribution < 1.29 is 9.84 Å². The Morgan fingerprint density at radius 1 is 1.53 bits per heavy atom. The normalized spacial score (nSPS) is 20.5. The topological polar surface area (TPSA) is 47.3 Å². The molecule has 0 unspecified atom stereocenters. The highest BCUT2D eigenvalue weighted by Crippen LogP contribution is 2.25. The molecule has 15 heavy (non-hydrogen) atoms. The summed E-state index contributed by atoms with van der Waals surface area (Å²) in [5, 5.41) is 14.6. The lowest BCUT2D eigenvalue weighted by molar-refractivity contribution is -0.0634. The van der Waals surface area contributed by atoms with Crippen LogP contribution in [0.3, 0.4) is 0 Å². The van der Waals surface area contributed by atoms with Gasteiger partial charge in [0, 0.05) is 32.4 Å². The molecule has 0 spiro atoms. The Bertz CT molecular complexity index is 340. The summed E-state index contributed by atoms with van der Waals surface area (Å²) in [6, 6.07) is 2.04. The third-order valence-electron chi connectivity index (χ3n) is 3.03. The molecule has 1 aromatic rings. The highest BCUT2D eigenvalue weighted by Gasteiger charge is 2.30. The lowest BCUT2D eigenvalue weighted by atomic mass is 9.89. The van der Waals surface area contributed by atoms with Gasteiger partial charge < -0.3 is 9.84 Å². The molecule has 0 bridgehead atoms. The van der Waals surface area contributed by atoms with Gasteiger partial charge >= 0.3 is 0 Å². The van der Waals surface area contributed by atoms with Gasteiger partial charge in [-0.3, -0.25) is 4.68 Å². The Balaban J connectivity index is 2.09. The third kappa shape index (κ3) is 2.38. The van der Waals surface area contributed by atoms with Crippen molar-refractivity contribution >= 4 is 0 Å². The fourth-order valence-electron chi connectivity index (χ4n) is 2.09. The molecule has 1 saturated heterocycles. The van der Waals surface area contributed by atoms with E-state index in [1.807, 2.05) is 24.7 Å². The van der Waals surface area contributed by atoms with Gasteiger partial charge in [0.1, 0.15) is 0 Å². The zero-order valence-corrected chi connectivity index (χ0v) is 9.36. The number of ether oxygens (including phenoxy) is 1. The zero-order chi connectivity index (χ0) is 10.9. The Labute approximate surface area is 89.9 Å². The van der Waals surface area contributed by atoms with Crippen molar-refractivity contribution in [1.82, 2.24) is 9.78 Å². The number of aryl methyl sites for hydroxylation is 2. The summed E-state index contributed by atoms with van der Waals surface area (Å²) in [6.45, 7) is 3.29. The van der Waals surface area contributed by atoms with Crippen molar-refractivity contribution in [3.8, 4) is 0 Å². The van der Waals surface area contributed by atoms with Crippen molar-refractivity contribution in [1.29, 1.82) is 0 Å². The third-order valence-corrected chi connectivity index (χ3v) is 3.03. The van der Waals surface area contributed by atoms with Gasteiger partial charge in [-0.15, -0.1) is 0 Å². The summed E-state index contributed by atoms with van der Waals surface area (Å²) < 4.78 is 7.11. The van der Waals surface area contributed by atoms with E-state index in [0.29, 0.717) is 19.6 Å². The standard InChI is InChI=1S/C11H18N2O2/c1-9-7-10(13(2)12-9)8-11(14)3-5-15-6-4-11/h7,14H,3-6,8H2,1-2H3. The Morgan fingerprint density at radius 3 is 2.73 bits per heavy atom. The Hall–Kier alpha value is -0.870. The summed E-state index contributed by atoms with van der Waals surface area (Å²) in [7, 11) is 1.92. The molecule has 2 heterocycles. The Morgan fingerprint density at radius 2 is 2.20 bits per heavy atom. The maximum atomic E-state index is 10.3. The molecule has 1 aromatic heterocycles. The molecule has 0 atom stereocenters. The van der Waals surface area contributed by atoms with Crippen LogP contribution >= 0.6 is 0 Å². The first-order valence-electron chi connectivity index (χ1n) is 5.39. The second kappa shape index (κ2) is 3.94. The molecule has 0 amide bonds. The van der Waals surface area contributed by atoms with Gasteiger partial charge in [-0.2, -0.15) is 5.10 Å². The van der Waals surface area contributed by atoms with Crippen LogP contribution in [0.4, 0.5) is 0 Å². The first-order chi connectivity index (χ1) is 7.09. The van der Waals surface area contributed by atoms with Gasteiger partial charge in [-0.05, 0) is 25.8 Å². The maximum absolute atomic E-state index is 10.3. The Kier molecular flexibility index (Phi) is 2.80. The van der Waals surface area contributed by atoms with E-state index in [1.165, 1.54) is 0 Å². The van der Waals surface area contributed by atoms with Gasteiger partial charge in [0.05, 0.1) is 11.3 Å². The highest BCUT2D eigenvalue weighted by molar-refractivity contribution is 5.11. The molecule has 0 aliphatic carbocycles. The molecule has 1 aliphatic rings. The van der Waals surface area contributed by atoms with Crippen molar-refractivity contribution in [2.24, 2.45) is 7.05 Å². The van der Waals surface area contributed by atoms with Gasteiger partial charge in [-0.25, -0.2) is 0 Å². The summed E-state index contributed by atoms with van der Waals surface area (Å²) in [5.41, 5.74) is 1.50. The van der Waals surface area contributed by atoms with Crippen LogP contribution in [0.15, 0.2) is 6.07 Å². The van der Waals surface area contributed by atoms with E-state index in [1.54, 1.807) is 0 Å². The predicted octanol–water partition coefficient (Wildman–Crippen LogP) is 0.813. The lowest BCUT2D eigenvalue weighted by Crippen LogP contribution is -2.38. The monoisotopic (exact) mass is 210 g/mol. The number of aliphatic hydroxyl groups is 1. The SMILES string of the molecule is Cc1cc(CC2(O)CCOCC2)n(C)n1. The van der Waals surface area contributed by atoms with E-state index in [2.05, 4.69) is 5.10 Å². The van der Waals surface area contributed by atoms with E-state index in [9.17, 15) is 5.11 Å². The molecule has 1 N–H and O–H groups in total. The molecular formula is C11H18N2O2. The number of hydrogen-bond acceptors (Lipinski definition) is 3. The number of nitrogens with zero attached hydrogens (tertiary/aromatic N) is 2. The van der Waals surface area contributed by atoms with E-state index in [4.69, 9.17) is 4.74 Å². The molecule has 84 valence electrons. The molecule has 0 saturated carbocycles. The largest absolute Gasteiger partial charge is 0.389 e. The summed E-state index contributed by atoms with van der Waals surface area (Å²) >= 11 is 0. The second-order valence-corrected chi connectivity index (χ2v) is 4.41. The molecule has 0 aromatic carbocycles. The molecule has 4 nitrogen and oxygen atoms in total. The van der Waals surface area contributed by atoms with Crippen LogP contribution in [0, 0.1) is 6.92 Å². The van der Waals surface area contributed by atoms with Crippen molar-refractivity contribution in [2.45, 2.75) is 31.8 Å². The second-order valence-electron chi connectivity index (χ2n) is 4.41. The molecule has 0 radical (unpaired) electrons. The highest BCUT2D eigenvalue weighted by atomic mass is 16.5. The van der Waals surface area contributed by atoms with Crippen LogP contribution in [0.5, 0.6) is 0 Å². The minimum Gasteiger partial charge on any atom is -0.389 e. The van der Waals surface area contributed by atoms with E-state index in [0.717, 1.165) is 24.2 Å². The van der Waals surface area contributed by atoms with E-state index >= 15 is 0 Å². The summed E-state index contributed by atoms with van der Waals surface area (Å²) in [4.78, 5) is 0. The average molecular weight is 210 g/mol. The minimum absolute atomic E-state index is 0.599. The van der Waals surface area contributed by atoms with Gasteiger partial charge in [-0.1, -0.05) is 0 Å². The molecule has 1 fully saturated rings. The quantitative estimate of drug-likeness (QED) is 0.786. The molecule has 4 heteroatoms. The maximum Gasteiger partial charge on any atom is 0.0746 e. The zero-order valence-electron chi connectivity index (χ0n) is 9.36. The van der Waals surface area contributed by atoms with Crippen LogP contribution in [-0.2, 0) is 18.2 Å². The van der Waals surface area contributed by atoms with E-state index < -0.39 is 5.60 Å². The van der Waals surface area contributed by atoms with Crippen LogP contribution < -0.4 is 0 Å². The number of hydrogen-bond donors (Lipinski definition) is 1. The lowest BCUT2D eigenvalue weighted by Gasteiger charge is -2.31. The van der Waals surface area contributed by atoms with Gasteiger partial charge in [0.2, 0.25) is 0 Å². The van der Waals surface area contributed by atoms with Crippen LogP contribution in [0.25, 0.3) is 0 Å². The number of aromatic nitrogens is 2. The molecule has 1 aliphatic heterocycles. The molecule has 2 rings (SSSR count). The van der Waals surface area contributed by atoms with Crippen molar-refractivity contribution in [3.63, 3.8) is 0 Å². The summed E-state index contributed by atoms with van der Waals surface area (Å²) in [5.74, 6) is 0. The number of rotatable bonds is 2. The predicted molar refractivity (Wildman–Crippen MR) is 56.7 cm³/mol. The van der Waals surface area contributed by atoms with Crippen molar-refractivity contribution in [3.05, 3.63) is 17.5 Å². The smallest absolute Gasteiger partial charge is 0.0746 e. The summed E-state index contributed by atoms with van der Waals surface area (Å²) in [6.07, 6.45) is 2.11. The first kappa shape index (κ1) is 10.6. The average Bonchev–Trinajstić information content (AvgIpc) is 2.45. The van der Waals surface area contributed by atoms with Crippen LogP contribution in [0.1, 0.15) is 24.2 Å². The van der Waals surface area contributed by atoms with E-state index in [-0.39, 0.29) is 0 Å². The fourth-order valence-corrected chi connectivity index (χ4v) is 2.09. The molecular weight excluding hydrogens is 192 g/mol. The van der Waals surface area contributed by atoms with Crippen LogP contribution in [-0.4, -0.2) is 33.7 Å².